The van der Waals surface area contributed by atoms with Gasteiger partial charge in [-0.25, -0.2) is 4.98 Å². The normalized spacial score (nSPS) is 13.4. The van der Waals surface area contributed by atoms with Crippen LogP contribution in [0.15, 0.2) is 51.3 Å². The third kappa shape index (κ3) is 3.88. The first-order valence-corrected chi connectivity index (χ1v) is 8.75. The van der Waals surface area contributed by atoms with E-state index in [1.165, 1.54) is 0 Å². The number of nitrogens with zero attached hydrogens (tertiary/aromatic N) is 2. The highest BCUT2D eigenvalue weighted by molar-refractivity contribution is 5.91. The molecule has 27 heavy (non-hydrogen) atoms. The van der Waals surface area contributed by atoms with Gasteiger partial charge in [0.2, 0.25) is 5.89 Å². The molecule has 3 aromatic rings. The molecule has 2 aromatic heterocycles. The molecule has 3 heterocycles. The molecule has 7 nitrogen and oxygen atoms in total. The molecular formula is C20H20N2O5. The number of furan rings is 1. The Bertz CT molecular complexity index is 916. The van der Waals surface area contributed by atoms with Crippen LogP contribution in [0.25, 0.3) is 0 Å². The number of benzene rings is 1. The van der Waals surface area contributed by atoms with Gasteiger partial charge >= 0.3 is 0 Å². The maximum Gasteiger partial charge on any atom is 0.289 e. The zero-order valence-corrected chi connectivity index (χ0v) is 15.0. The number of carbonyl (C=O) groups excluding carboxylic acids is 1. The molecule has 1 aliphatic rings. The first-order chi connectivity index (χ1) is 13.2. The minimum atomic E-state index is -0.165. The van der Waals surface area contributed by atoms with Crippen molar-refractivity contribution in [3.05, 3.63) is 71.3 Å². The van der Waals surface area contributed by atoms with Crippen LogP contribution >= 0.6 is 0 Å². The standard InChI is InChI=1S/C20H20N2O5/c1-24-12-15-7-8-17(26-15)20(23)22-10-9-16-18(11-22)27-19(21-16)13-25-14-5-3-2-4-6-14/h2-8H,9-13H2,1H3. The molecule has 0 saturated heterocycles. The van der Waals surface area contributed by atoms with Crippen molar-refractivity contribution in [3.63, 3.8) is 0 Å². The first-order valence-electron chi connectivity index (χ1n) is 8.75. The van der Waals surface area contributed by atoms with Gasteiger partial charge in [0.05, 0.1) is 12.2 Å². The van der Waals surface area contributed by atoms with Crippen LogP contribution in [0.5, 0.6) is 5.75 Å². The topological polar surface area (TPSA) is 77.9 Å². The van der Waals surface area contributed by atoms with Crippen molar-refractivity contribution in [3.8, 4) is 5.75 Å². The van der Waals surface area contributed by atoms with E-state index >= 15 is 0 Å². The Kier molecular flexibility index (Phi) is 4.93. The number of methoxy groups -OCH3 is 1. The van der Waals surface area contributed by atoms with E-state index in [0.717, 1.165) is 11.4 Å². The Morgan fingerprint density at radius 1 is 1.15 bits per heavy atom. The van der Waals surface area contributed by atoms with E-state index < -0.39 is 0 Å². The van der Waals surface area contributed by atoms with Crippen LogP contribution in [-0.4, -0.2) is 29.4 Å². The van der Waals surface area contributed by atoms with Gasteiger partial charge in [-0.2, -0.15) is 0 Å². The van der Waals surface area contributed by atoms with E-state index in [1.54, 1.807) is 24.1 Å². The second-order valence-corrected chi connectivity index (χ2v) is 6.25. The quantitative estimate of drug-likeness (QED) is 0.665. The average Bonchev–Trinajstić information content (AvgIpc) is 3.33. The van der Waals surface area contributed by atoms with Gasteiger partial charge in [-0.3, -0.25) is 4.79 Å². The van der Waals surface area contributed by atoms with Crippen molar-refractivity contribution in [2.45, 2.75) is 26.2 Å². The molecule has 140 valence electrons. The number of aromatic nitrogens is 1. The summed E-state index contributed by atoms with van der Waals surface area (Å²) in [5.41, 5.74) is 0.880. The van der Waals surface area contributed by atoms with Crippen LogP contribution in [0.2, 0.25) is 0 Å². The Hall–Kier alpha value is -3.06. The van der Waals surface area contributed by atoms with Crippen molar-refractivity contribution in [2.24, 2.45) is 0 Å². The molecule has 1 aromatic carbocycles. The Balaban J connectivity index is 1.40. The number of amides is 1. The molecule has 0 saturated carbocycles. The second-order valence-electron chi connectivity index (χ2n) is 6.25. The summed E-state index contributed by atoms with van der Waals surface area (Å²) in [7, 11) is 1.58. The third-order valence-electron chi connectivity index (χ3n) is 4.33. The number of fused-ring (bicyclic) bond motifs is 1. The van der Waals surface area contributed by atoms with E-state index in [1.807, 2.05) is 30.3 Å². The number of hydrogen-bond acceptors (Lipinski definition) is 6. The summed E-state index contributed by atoms with van der Waals surface area (Å²) < 4.78 is 22.0. The van der Waals surface area contributed by atoms with E-state index in [9.17, 15) is 4.79 Å². The first kappa shape index (κ1) is 17.4. The maximum absolute atomic E-state index is 12.6. The summed E-state index contributed by atoms with van der Waals surface area (Å²) in [5.74, 6) is 2.73. The number of oxazole rings is 1. The van der Waals surface area contributed by atoms with Gasteiger partial charge in [-0.1, -0.05) is 18.2 Å². The van der Waals surface area contributed by atoms with Gasteiger partial charge in [0, 0.05) is 20.1 Å². The van der Waals surface area contributed by atoms with Gasteiger partial charge in [0.25, 0.3) is 5.91 Å². The Morgan fingerprint density at radius 2 is 2.00 bits per heavy atom. The van der Waals surface area contributed by atoms with E-state index in [0.29, 0.717) is 49.3 Å². The summed E-state index contributed by atoms with van der Waals surface area (Å²) in [5, 5.41) is 0. The zero-order valence-electron chi connectivity index (χ0n) is 15.0. The van der Waals surface area contributed by atoms with E-state index in [4.69, 9.17) is 18.3 Å². The minimum absolute atomic E-state index is 0.165. The van der Waals surface area contributed by atoms with Crippen LogP contribution in [0.3, 0.4) is 0 Å². The monoisotopic (exact) mass is 368 g/mol. The lowest BCUT2D eigenvalue weighted by atomic mass is 10.1. The van der Waals surface area contributed by atoms with Crippen molar-refractivity contribution >= 4 is 5.91 Å². The van der Waals surface area contributed by atoms with Crippen LogP contribution in [0.1, 0.15) is 33.7 Å². The number of hydrogen-bond donors (Lipinski definition) is 0. The van der Waals surface area contributed by atoms with E-state index in [-0.39, 0.29) is 12.5 Å². The Labute approximate surface area is 156 Å². The highest BCUT2D eigenvalue weighted by Crippen LogP contribution is 2.23. The molecule has 0 aliphatic carbocycles. The lowest BCUT2D eigenvalue weighted by Gasteiger charge is -2.24. The molecule has 0 unspecified atom stereocenters. The largest absolute Gasteiger partial charge is 0.484 e. The number of carbonyl (C=O) groups is 1. The van der Waals surface area contributed by atoms with Crippen LogP contribution in [0.4, 0.5) is 0 Å². The van der Waals surface area contributed by atoms with Gasteiger partial charge in [0.15, 0.2) is 12.4 Å². The molecule has 0 atom stereocenters. The van der Waals surface area contributed by atoms with Crippen LogP contribution in [0, 0.1) is 0 Å². The molecule has 0 bridgehead atoms. The smallest absolute Gasteiger partial charge is 0.289 e. The summed E-state index contributed by atoms with van der Waals surface area (Å²) in [6, 6.07) is 12.9. The van der Waals surface area contributed by atoms with E-state index in [2.05, 4.69) is 4.98 Å². The summed E-state index contributed by atoms with van der Waals surface area (Å²) in [6.45, 7) is 1.53. The van der Waals surface area contributed by atoms with Crippen molar-refractivity contribution in [1.29, 1.82) is 0 Å². The summed E-state index contributed by atoms with van der Waals surface area (Å²) >= 11 is 0. The molecule has 1 aliphatic heterocycles. The number of rotatable bonds is 6. The molecular weight excluding hydrogens is 348 g/mol. The fraction of sp³-hybridized carbons (Fsp3) is 0.300. The van der Waals surface area contributed by atoms with Gasteiger partial charge < -0.3 is 23.2 Å². The van der Waals surface area contributed by atoms with Gasteiger partial charge in [-0.05, 0) is 24.3 Å². The summed E-state index contributed by atoms with van der Waals surface area (Å²) in [4.78, 5) is 18.8. The number of ether oxygens (including phenoxy) is 2. The fourth-order valence-corrected chi connectivity index (χ4v) is 3.01. The predicted molar refractivity (Wildman–Crippen MR) is 95.1 cm³/mol. The van der Waals surface area contributed by atoms with Crippen molar-refractivity contribution in [1.82, 2.24) is 9.88 Å². The lowest BCUT2D eigenvalue weighted by molar-refractivity contribution is 0.0678. The van der Waals surface area contributed by atoms with Crippen LogP contribution < -0.4 is 4.74 Å². The molecule has 4 rings (SSSR count). The zero-order chi connectivity index (χ0) is 18.6. The molecule has 0 N–H and O–H groups in total. The highest BCUT2D eigenvalue weighted by Gasteiger charge is 2.27. The SMILES string of the molecule is COCc1ccc(C(=O)N2CCc3nc(COc4ccccc4)oc3C2)o1. The maximum atomic E-state index is 12.6. The lowest BCUT2D eigenvalue weighted by Crippen LogP contribution is -2.35. The molecule has 0 fully saturated rings. The molecule has 7 heteroatoms. The van der Waals surface area contributed by atoms with Gasteiger partial charge in [0.1, 0.15) is 23.9 Å². The Morgan fingerprint density at radius 3 is 2.81 bits per heavy atom. The van der Waals surface area contributed by atoms with Crippen LogP contribution in [-0.2, 0) is 30.9 Å². The van der Waals surface area contributed by atoms with Crippen molar-refractivity contribution < 1.29 is 23.1 Å². The fourth-order valence-electron chi connectivity index (χ4n) is 3.01. The third-order valence-corrected chi connectivity index (χ3v) is 4.33. The molecule has 0 radical (unpaired) electrons. The van der Waals surface area contributed by atoms with Crippen molar-refractivity contribution in [2.75, 3.05) is 13.7 Å². The summed E-state index contributed by atoms with van der Waals surface area (Å²) in [6.07, 6.45) is 0.640. The molecule has 1 amide bonds. The van der Waals surface area contributed by atoms with Gasteiger partial charge in [-0.15, -0.1) is 0 Å². The number of para-hydroxylation sites is 1. The predicted octanol–water partition coefficient (Wildman–Crippen LogP) is 3.19. The minimum Gasteiger partial charge on any atom is -0.484 e. The average molecular weight is 368 g/mol. The molecule has 0 spiro atoms. The highest BCUT2D eigenvalue weighted by atomic mass is 16.5. The second kappa shape index (κ2) is 7.67.